The lowest BCUT2D eigenvalue weighted by Crippen LogP contribution is -2.42. The Morgan fingerprint density at radius 3 is 2.60 bits per heavy atom. The summed E-state index contributed by atoms with van der Waals surface area (Å²) in [6, 6.07) is 6.86. The van der Waals surface area contributed by atoms with Crippen molar-refractivity contribution in [2.24, 2.45) is 5.73 Å². The molecule has 1 aliphatic rings. The second-order valence-corrected chi connectivity index (χ2v) is 7.28. The van der Waals surface area contributed by atoms with Crippen molar-refractivity contribution < 1.29 is 9.59 Å². The van der Waals surface area contributed by atoms with Crippen LogP contribution >= 0.6 is 24.2 Å². The van der Waals surface area contributed by atoms with Gasteiger partial charge in [-0.3, -0.25) is 9.59 Å². The molecule has 1 saturated heterocycles. The number of nitrogens with zero attached hydrogens (tertiary/aromatic N) is 1. The van der Waals surface area contributed by atoms with Gasteiger partial charge in [0.2, 0.25) is 5.91 Å². The van der Waals surface area contributed by atoms with Crippen molar-refractivity contribution in [3.63, 3.8) is 0 Å². The van der Waals surface area contributed by atoms with Gasteiger partial charge >= 0.3 is 0 Å². The highest BCUT2D eigenvalue weighted by molar-refractivity contribution is 7.98. The zero-order valence-corrected chi connectivity index (χ0v) is 16.5. The van der Waals surface area contributed by atoms with Gasteiger partial charge in [-0.1, -0.05) is 0 Å². The van der Waals surface area contributed by atoms with Crippen molar-refractivity contribution in [3.8, 4) is 0 Å². The third kappa shape index (κ3) is 6.20. The Hall–Kier alpha value is -1.24. The van der Waals surface area contributed by atoms with Crippen LogP contribution in [0.25, 0.3) is 0 Å². The molecule has 1 aliphatic heterocycles. The van der Waals surface area contributed by atoms with E-state index in [1.807, 2.05) is 11.2 Å². The zero-order valence-electron chi connectivity index (χ0n) is 14.9. The number of anilines is 1. The van der Waals surface area contributed by atoms with Crippen molar-refractivity contribution in [2.75, 3.05) is 23.9 Å². The monoisotopic (exact) mass is 385 g/mol. The van der Waals surface area contributed by atoms with Crippen LogP contribution in [0.5, 0.6) is 0 Å². The molecule has 5 nitrogen and oxygen atoms in total. The van der Waals surface area contributed by atoms with E-state index in [0.29, 0.717) is 23.7 Å². The Kier molecular flexibility index (Phi) is 9.32. The van der Waals surface area contributed by atoms with E-state index in [9.17, 15) is 9.59 Å². The molecule has 3 N–H and O–H groups in total. The van der Waals surface area contributed by atoms with Crippen molar-refractivity contribution in [1.82, 2.24) is 4.90 Å². The first-order valence-corrected chi connectivity index (χ1v) is 9.88. The number of nitrogens with two attached hydrogens (primary N) is 1. The first kappa shape index (κ1) is 21.8. The van der Waals surface area contributed by atoms with Gasteiger partial charge in [0.1, 0.15) is 0 Å². The van der Waals surface area contributed by atoms with Crippen LogP contribution in [-0.2, 0) is 4.79 Å². The summed E-state index contributed by atoms with van der Waals surface area (Å²) in [5, 5.41) is 2.81. The number of halogens is 1. The molecule has 0 spiro atoms. The van der Waals surface area contributed by atoms with Gasteiger partial charge in [0, 0.05) is 23.8 Å². The van der Waals surface area contributed by atoms with E-state index in [1.165, 1.54) is 6.42 Å². The fourth-order valence-electron chi connectivity index (χ4n) is 2.87. The highest BCUT2D eigenvalue weighted by Gasteiger charge is 2.24. The van der Waals surface area contributed by atoms with Gasteiger partial charge < -0.3 is 16.0 Å². The van der Waals surface area contributed by atoms with Crippen LogP contribution in [0.2, 0.25) is 0 Å². The van der Waals surface area contributed by atoms with E-state index in [1.54, 1.807) is 36.0 Å². The standard InChI is InChI=1S/C18H27N3O2S.ClH/c1-13-5-3-4-11-21(13)18(23)14-6-8-15(9-7-14)20-17(22)16(19)10-12-24-2;/h6-9,13,16H,3-5,10-12,19H2,1-2H3,(H,20,22);1H/t13?,16-;/m0./s1. The van der Waals surface area contributed by atoms with Crippen molar-refractivity contribution in [2.45, 2.75) is 44.7 Å². The number of hydrogen-bond acceptors (Lipinski definition) is 4. The number of hydrogen-bond donors (Lipinski definition) is 2. The van der Waals surface area contributed by atoms with Crippen LogP contribution in [0.3, 0.4) is 0 Å². The maximum Gasteiger partial charge on any atom is 0.254 e. The molecule has 1 aromatic carbocycles. The number of thioether (sulfide) groups is 1. The van der Waals surface area contributed by atoms with Gasteiger partial charge in [-0.05, 0) is 68.9 Å². The summed E-state index contributed by atoms with van der Waals surface area (Å²) in [6.45, 7) is 2.92. The molecule has 25 heavy (non-hydrogen) atoms. The fourth-order valence-corrected chi connectivity index (χ4v) is 3.36. The van der Waals surface area contributed by atoms with Gasteiger partial charge in [0.05, 0.1) is 6.04 Å². The Morgan fingerprint density at radius 2 is 2.00 bits per heavy atom. The number of piperidine rings is 1. The molecule has 1 unspecified atom stereocenters. The molecule has 2 amide bonds. The quantitative estimate of drug-likeness (QED) is 0.788. The minimum Gasteiger partial charge on any atom is -0.336 e. The van der Waals surface area contributed by atoms with Crippen molar-refractivity contribution in [1.29, 1.82) is 0 Å². The van der Waals surface area contributed by atoms with Crippen LogP contribution in [0.1, 0.15) is 43.0 Å². The zero-order chi connectivity index (χ0) is 17.5. The number of nitrogens with one attached hydrogen (secondary N) is 1. The van der Waals surface area contributed by atoms with Crippen LogP contribution in [0.4, 0.5) is 5.69 Å². The molecule has 0 radical (unpaired) electrons. The predicted octanol–water partition coefficient (Wildman–Crippen LogP) is 3.14. The Labute approximate surface area is 160 Å². The molecule has 2 atom stereocenters. The maximum absolute atomic E-state index is 12.6. The molecule has 7 heteroatoms. The van der Waals surface area contributed by atoms with Crippen LogP contribution in [0.15, 0.2) is 24.3 Å². The van der Waals surface area contributed by atoms with Crippen LogP contribution in [0, 0.1) is 0 Å². The molecule has 0 aliphatic carbocycles. The van der Waals surface area contributed by atoms with Crippen molar-refractivity contribution in [3.05, 3.63) is 29.8 Å². The molecule has 1 fully saturated rings. The lowest BCUT2D eigenvalue weighted by molar-refractivity contribution is -0.117. The molecule has 0 saturated carbocycles. The molecule has 140 valence electrons. The minimum absolute atomic E-state index is 0. The summed E-state index contributed by atoms with van der Waals surface area (Å²) in [6.07, 6.45) is 5.96. The maximum atomic E-state index is 12.6. The third-order valence-corrected chi connectivity index (χ3v) is 5.08. The molecule has 2 rings (SSSR count). The average molecular weight is 386 g/mol. The molecular weight excluding hydrogens is 358 g/mol. The first-order valence-electron chi connectivity index (χ1n) is 8.49. The smallest absolute Gasteiger partial charge is 0.254 e. The third-order valence-electron chi connectivity index (χ3n) is 4.43. The van der Waals surface area contributed by atoms with E-state index in [-0.39, 0.29) is 24.2 Å². The van der Waals surface area contributed by atoms with Gasteiger partial charge in [-0.15, -0.1) is 12.4 Å². The normalized spacial score (nSPS) is 18.2. The Bertz CT molecular complexity index is 568. The summed E-state index contributed by atoms with van der Waals surface area (Å²) in [5.41, 5.74) is 7.19. The SMILES string of the molecule is CSCC[C@H](N)C(=O)Nc1ccc(C(=O)N2CCCCC2C)cc1.Cl. The van der Waals surface area contributed by atoms with E-state index in [2.05, 4.69) is 12.2 Å². The predicted molar refractivity (Wildman–Crippen MR) is 108 cm³/mol. The van der Waals surface area contributed by atoms with Gasteiger partial charge in [0.25, 0.3) is 5.91 Å². The van der Waals surface area contributed by atoms with Gasteiger partial charge in [-0.2, -0.15) is 11.8 Å². The Balaban J connectivity index is 0.00000312. The number of likely N-dealkylation sites (tertiary alicyclic amines) is 1. The molecule has 0 bridgehead atoms. The number of carbonyl (C=O) groups excluding carboxylic acids is 2. The summed E-state index contributed by atoms with van der Waals surface area (Å²) in [5.74, 6) is 0.736. The Morgan fingerprint density at radius 1 is 1.32 bits per heavy atom. The van der Waals surface area contributed by atoms with Crippen molar-refractivity contribution >= 4 is 41.7 Å². The highest BCUT2D eigenvalue weighted by atomic mass is 35.5. The summed E-state index contributed by atoms with van der Waals surface area (Å²) < 4.78 is 0. The number of benzene rings is 1. The summed E-state index contributed by atoms with van der Waals surface area (Å²) in [4.78, 5) is 26.5. The number of carbonyl (C=O) groups is 2. The average Bonchev–Trinajstić information content (AvgIpc) is 2.60. The van der Waals surface area contributed by atoms with E-state index in [4.69, 9.17) is 5.73 Å². The highest BCUT2D eigenvalue weighted by Crippen LogP contribution is 2.20. The lowest BCUT2D eigenvalue weighted by atomic mass is 10.0. The van der Waals surface area contributed by atoms with E-state index in [0.717, 1.165) is 25.1 Å². The first-order chi connectivity index (χ1) is 11.5. The second-order valence-electron chi connectivity index (χ2n) is 6.30. The number of rotatable bonds is 6. The largest absolute Gasteiger partial charge is 0.336 e. The second kappa shape index (κ2) is 10.7. The van der Waals surface area contributed by atoms with Gasteiger partial charge in [0.15, 0.2) is 0 Å². The molecule has 1 heterocycles. The minimum atomic E-state index is -0.507. The van der Waals surface area contributed by atoms with E-state index >= 15 is 0 Å². The van der Waals surface area contributed by atoms with Crippen LogP contribution in [-0.4, -0.2) is 47.4 Å². The lowest BCUT2D eigenvalue weighted by Gasteiger charge is -2.33. The van der Waals surface area contributed by atoms with Gasteiger partial charge in [-0.25, -0.2) is 0 Å². The summed E-state index contributed by atoms with van der Waals surface area (Å²) in [7, 11) is 0. The topological polar surface area (TPSA) is 75.4 Å². The molecule has 1 aromatic rings. The van der Waals surface area contributed by atoms with Crippen LogP contribution < -0.4 is 11.1 Å². The fraction of sp³-hybridized carbons (Fsp3) is 0.556. The number of amides is 2. The van der Waals surface area contributed by atoms with E-state index < -0.39 is 6.04 Å². The molecular formula is C18H28ClN3O2S. The summed E-state index contributed by atoms with van der Waals surface area (Å²) >= 11 is 1.67. The molecule has 0 aromatic heterocycles.